The number of carbonyl (C=O) groups is 1. The summed E-state index contributed by atoms with van der Waals surface area (Å²) in [5.41, 5.74) is 9.72. The van der Waals surface area contributed by atoms with Crippen molar-refractivity contribution in [3.05, 3.63) is 76.7 Å². The van der Waals surface area contributed by atoms with Crippen molar-refractivity contribution in [3.63, 3.8) is 0 Å². The summed E-state index contributed by atoms with van der Waals surface area (Å²) in [5, 5.41) is 20.6. The van der Waals surface area contributed by atoms with Gasteiger partial charge in [0, 0.05) is 48.0 Å². The summed E-state index contributed by atoms with van der Waals surface area (Å²) in [5.74, 6) is 0.371. The Kier molecular flexibility index (Phi) is 6.75. The molecule has 2 aromatic heterocycles. The van der Waals surface area contributed by atoms with Crippen molar-refractivity contribution in [2.75, 3.05) is 29.0 Å². The number of morpholine rings is 1. The molecule has 0 saturated carbocycles. The van der Waals surface area contributed by atoms with E-state index in [0.717, 1.165) is 18.9 Å². The van der Waals surface area contributed by atoms with E-state index in [4.69, 9.17) is 21.1 Å². The maximum atomic E-state index is 12.8. The van der Waals surface area contributed by atoms with Gasteiger partial charge in [0.1, 0.15) is 17.6 Å². The number of aryl methyl sites for hydroxylation is 1. The summed E-state index contributed by atoms with van der Waals surface area (Å²) < 4.78 is 5.81. The first-order valence-electron chi connectivity index (χ1n) is 11.3. The van der Waals surface area contributed by atoms with E-state index < -0.39 is 5.91 Å². The van der Waals surface area contributed by atoms with Crippen molar-refractivity contribution in [1.82, 2.24) is 9.97 Å². The van der Waals surface area contributed by atoms with Gasteiger partial charge in [-0.1, -0.05) is 0 Å². The van der Waals surface area contributed by atoms with Crippen LogP contribution in [0.2, 0.25) is 0 Å². The molecule has 178 valence electrons. The van der Waals surface area contributed by atoms with E-state index in [0.29, 0.717) is 33.6 Å². The summed E-state index contributed by atoms with van der Waals surface area (Å²) in [7, 11) is 0. The number of nitrogens with one attached hydrogen (secondary N) is 2. The highest BCUT2D eigenvalue weighted by molar-refractivity contribution is 6.15. The van der Waals surface area contributed by atoms with Crippen LogP contribution in [-0.2, 0) is 4.74 Å². The molecule has 0 bridgehead atoms. The number of nitrogens with zero attached hydrogens (tertiary/aromatic N) is 4. The zero-order valence-corrected chi connectivity index (χ0v) is 19.9. The van der Waals surface area contributed by atoms with Crippen LogP contribution in [0, 0.1) is 23.7 Å². The second kappa shape index (κ2) is 9.91. The summed E-state index contributed by atoms with van der Waals surface area (Å²) in [6.07, 6.45) is 3.23. The van der Waals surface area contributed by atoms with Gasteiger partial charge in [0.05, 0.1) is 23.5 Å². The Morgan fingerprint density at radius 3 is 2.63 bits per heavy atom. The fourth-order valence-electron chi connectivity index (χ4n) is 4.18. The number of amides is 1. The number of anilines is 3. The van der Waals surface area contributed by atoms with Gasteiger partial charge in [-0.15, -0.1) is 0 Å². The molecule has 0 spiro atoms. The maximum absolute atomic E-state index is 12.8. The predicted molar refractivity (Wildman–Crippen MR) is 135 cm³/mol. The van der Waals surface area contributed by atoms with Gasteiger partial charge >= 0.3 is 0 Å². The summed E-state index contributed by atoms with van der Waals surface area (Å²) >= 11 is 0. The second-order valence-electron chi connectivity index (χ2n) is 8.70. The smallest absolute Gasteiger partial charge is 0.274 e. The van der Waals surface area contributed by atoms with Gasteiger partial charge in [-0.25, -0.2) is 9.97 Å². The van der Waals surface area contributed by atoms with Crippen LogP contribution in [0.4, 0.5) is 17.2 Å². The van der Waals surface area contributed by atoms with E-state index in [-0.39, 0.29) is 23.6 Å². The molecule has 0 unspecified atom stereocenters. The molecule has 35 heavy (non-hydrogen) atoms. The molecule has 4 N–H and O–H groups in total. The fraction of sp³-hybridized carbons (Fsp3) is 0.269. The van der Waals surface area contributed by atoms with E-state index in [2.05, 4.69) is 20.2 Å². The van der Waals surface area contributed by atoms with E-state index in [1.807, 2.05) is 26.0 Å². The lowest BCUT2D eigenvalue weighted by atomic mass is 10.0. The van der Waals surface area contributed by atoms with Gasteiger partial charge < -0.3 is 20.7 Å². The highest BCUT2D eigenvalue weighted by atomic mass is 16.5. The van der Waals surface area contributed by atoms with E-state index in [1.165, 1.54) is 6.20 Å². The number of carbonyl (C=O) groups excluding carboxylic acids is 1. The molecule has 2 atom stereocenters. The van der Waals surface area contributed by atoms with Crippen molar-refractivity contribution in [3.8, 4) is 6.07 Å². The van der Waals surface area contributed by atoms with E-state index in [1.54, 1.807) is 43.5 Å². The fourth-order valence-corrected chi connectivity index (χ4v) is 4.18. The van der Waals surface area contributed by atoms with Gasteiger partial charge in [0.2, 0.25) is 0 Å². The summed E-state index contributed by atoms with van der Waals surface area (Å²) in [4.78, 5) is 23.5. The third-order valence-corrected chi connectivity index (χ3v) is 5.78. The molecular formula is C26H27N7O2. The molecular weight excluding hydrogens is 442 g/mol. The minimum absolute atomic E-state index is 0.0915. The monoisotopic (exact) mass is 469 g/mol. The van der Waals surface area contributed by atoms with Crippen LogP contribution in [-0.4, -0.2) is 46.9 Å². The number of pyridine rings is 2. The molecule has 1 aliphatic rings. The zero-order chi connectivity index (χ0) is 25.1. The van der Waals surface area contributed by atoms with Crippen molar-refractivity contribution in [2.45, 2.75) is 33.0 Å². The average molecular weight is 470 g/mol. The molecule has 1 amide bonds. The largest absolute Gasteiger partial charge is 0.398 e. The number of nitrogens with two attached hydrogens (primary N) is 1. The van der Waals surface area contributed by atoms with Crippen molar-refractivity contribution in [1.29, 1.82) is 10.7 Å². The van der Waals surface area contributed by atoms with Crippen LogP contribution < -0.4 is 16.0 Å². The van der Waals surface area contributed by atoms with Crippen LogP contribution >= 0.6 is 0 Å². The number of hydrogen-bond acceptors (Lipinski definition) is 8. The summed E-state index contributed by atoms with van der Waals surface area (Å²) in [6, 6.07) is 12.3. The first-order chi connectivity index (χ1) is 16.7. The van der Waals surface area contributed by atoms with Crippen molar-refractivity contribution in [2.24, 2.45) is 0 Å². The van der Waals surface area contributed by atoms with Crippen LogP contribution in [0.1, 0.15) is 46.6 Å². The lowest BCUT2D eigenvalue weighted by molar-refractivity contribution is -0.00546. The van der Waals surface area contributed by atoms with E-state index >= 15 is 0 Å². The maximum Gasteiger partial charge on any atom is 0.274 e. The highest BCUT2D eigenvalue weighted by Gasteiger charge is 2.24. The number of nitriles is 1. The first-order valence-corrected chi connectivity index (χ1v) is 11.3. The number of benzene rings is 1. The van der Waals surface area contributed by atoms with Crippen LogP contribution in [0.3, 0.4) is 0 Å². The lowest BCUT2D eigenvalue weighted by Crippen LogP contribution is -2.45. The lowest BCUT2D eigenvalue weighted by Gasteiger charge is -2.36. The number of rotatable bonds is 5. The van der Waals surface area contributed by atoms with Crippen molar-refractivity contribution >= 4 is 28.8 Å². The van der Waals surface area contributed by atoms with Gasteiger partial charge in [0.25, 0.3) is 5.91 Å². The average Bonchev–Trinajstić information content (AvgIpc) is 2.84. The second-order valence-corrected chi connectivity index (χ2v) is 8.70. The molecule has 9 nitrogen and oxygen atoms in total. The zero-order valence-electron chi connectivity index (χ0n) is 19.9. The minimum Gasteiger partial charge on any atom is -0.398 e. The van der Waals surface area contributed by atoms with Crippen LogP contribution in [0.5, 0.6) is 0 Å². The van der Waals surface area contributed by atoms with Crippen LogP contribution in [0.15, 0.2) is 48.8 Å². The molecule has 1 saturated heterocycles. The first kappa shape index (κ1) is 23.9. The number of aromatic nitrogens is 2. The molecule has 9 heteroatoms. The molecule has 4 rings (SSSR count). The molecule has 1 fully saturated rings. The van der Waals surface area contributed by atoms with E-state index in [9.17, 15) is 4.79 Å². The van der Waals surface area contributed by atoms with Gasteiger partial charge in [0.15, 0.2) is 0 Å². The Labute approximate surface area is 204 Å². The quantitative estimate of drug-likeness (QED) is 0.383. The molecule has 1 aliphatic heterocycles. The Bertz CT molecular complexity index is 1320. The highest BCUT2D eigenvalue weighted by Crippen LogP contribution is 2.25. The number of hydrogen-bond donors (Lipinski definition) is 3. The Morgan fingerprint density at radius 1 is 1.20 bits per heavy atom. The van der Waals surface area contributed by atoms with Crippen molar-refractivity contribution < 1.29 is 9.53 Å². The minimum atomic E-state index is -0.406. The molecule has 3 aromatic rings. The number of ether oxygens (including phenoxy) is 1. The topological polar surface area (TPSA) is 141 Å². The van der Waals surface area contributed by atoms with Gasteiger partial charge in [-0.2, -0.15) is 5.26 Å². The Hall–Kier alpha value is -4.29. The third kappa shape index (κ3) is 5.28. The van der Waals surface area contributed by atoms with Gasteiger partial charge in [-0.05, 0) is 62.7 Å². The normalized spacial score (nSPS) is 17.5. The third-order valence-electron chi connectivity index (χ3n) is 5.78. The SMILES string of the molecule is Cc1cc(C#N)cnc1C(=O)Nc1ccc(N)c(C(=N)c2ccnc(N3C[C@@H](C)O[C@@H](C)C3)c2)c1. The molecule has 3 heterocycles. The van der Waals surface area contributed by atoms with Crippen LogP contribution in [0.25, 0.3) is 0 Å². The molecule has 0 radical (unpaired) electrons. The standard InChI is InChI=1S/C26H27N7O2/c1-15-8-18(11-27)12-31-25(15)26(34)32-20-4-5-22(28)21(10-20)24(29)19-6-7-30-23(9-19)33-13-16(2)35-17(3)14-33/h4-10,12,16-17,29H,13-14,28H2,1-3H3,(H,32,34)/t16-,17+. The van der Waals surface area contributed by atoms with Gasteiger partial charge in [-0.3, -0.25) is 10.2 Å². The molecule has 0 aliphatic carbocycles. The Balaban J connectivity index is 1.57. The number of nitrogen functional groups attached to an aromatic ring is 1. The summed E-state index contributed by atoms with van der Waals surface area (Å²) in [6.45, 7) is 7.23. The predicted octanol–water partition coefficient (Wildman–Crippen LogP) is 3.52. The Morgan fingerprint density at radius 2 is 1.94 bits per heavy atom. The molecule has 1 aromatic carbocycles.